The summed E-state index contributed by atoms with van der Waals surface area (Å²) in [6.07, 6.45) is 6.71. The SMILES string of the molecule is CCN1C(=O)C2(CCN(C(=O)Cc3ccccc3C)CC2)CC1C(=O)NC1CCCC1. The third-order valence-corrected chi connectivity index (χ3v) is 7.70. The number of hydrogen-bond donors (Lipinski definition) is 1. The molecule has 6 nitrogen and oxygen atoms in total. The van der Waals surface area contributed by atoms with E-state index in [0.29, 0.717) is 45.3 Å². The van der Waals surface area contributed by atoms with Gasteiger partial charge in [0.05, 0.1) is 11.8 Å². The first-order valence-corrected chi connectivity index (χ1v) is 11.9. The predicted molar refractivity (Wildman–Crippen MR) is 119 cm³/mol. The van der Waals surface area contributed by atoms with Gasteiger partial charge in [0.25, 0.3) is 0 Å². The summed E-state index contributed by atoms with van der Waals surface area (Å²) in [6.45, 7) is 5.71. The van der Waals surface area contributed by atoms with Crippen molar-refractivity contribution in [1.82, 2.24) is 15.1 Å². The van der Waals surface area contributed by atoms with Crippen LogP contribution >= 0.6 is 0 Å². The number of aryl methyl sites for hydroxylation is 1. The molecular formula is C25H35N3O3. The molecule has 168 valence electrons. The van der Waals surface area contributed by atoms with Gasteiger partial charge in [-0.3, -0.25) is 14.4 Å². The van der Waals surface area contributed by atoms with E-state index in [0.717, 1.165) is 24.0 Å². The molecule has 1 N–H and O–H groups in total. The predicted octanol–water partition coefficient (Wildman–Crippen LogP) is 2.83. The molecule has 3 aliphatic rings. The van der Waals surface area contributed by atoms with Gasteiger partial charge in [-0.1, -0.05) is 37.1 Å². The summed E-state index contributed by atoms with van der Waals surface area (Å²) >= 11 is 0. The Hall–Kier alpha value is -2.37. The van der Waals surface area contributed by atoms with Crippen molar-refractivity contribution >= 4 is 17.7 Å². The Morgan fingerprint density at radius 1 is 1.13 bits per heavy atom. The van der Waals surface area contributed by atoms with Crippen LogP contribution in [0.15, 0.2) is 24.3 Å². The van der Waals surface area contributed by atoms with Gasteiger partial charge in [-0.25, -0.2) is 0 Å². The largest absolute Gasteiger partial charge is 0.352 e. The summed E-state index contributed by atoms with van der Waals surface area (Å²) in [4.78, 5) is 42.8. The van der Waals surface area contributed by atoms with E-state index in [4.69, 9.17) is 0 Å². The van der Waals surface area contributed by atoms with Crippen LogP contribution in [0.25, 0.3) is 0 Å². The minimum absolute atomic E-state index is 0.0111. The Balaban J connectivity index is 1.38. The summed E-state index contributed by atoms with van der Waals surface area (Å²) in [6, 6.07) is 7.88. The number of piperidine rings is 1. The van der Waals surface area contributed by atoms with Crippen LogP contribution in [0.4, 0.5) is 0 Å². The zero-order chi connectivity index (χ0) is 22.0. The maximum absolute atomic E-state index is 13.3. The van der Waals surface area contributed by atoms with E-state index in [-0.39, 0.29) is 29.8 Å². The number of rotatable bonds is 5. The minimum Gasteiger partial charge on any atom is -0.352 e. The van der Waals surface area contributed by atoms with Gasteiger partial charge in [0.2, 0.25) is 17.7 Å². The highest BCUT2D eigenvalue weighted by atomic mass is 16.2. The molecule has 1 aliphatic carbocycles. The fraction of sp³-hybridized carbons (Fsp3) is 0.640. The van der Waals surface area contributed by atoms with Crippen LogP contribution in [0.2, 0.25) is 0 Å². The van der Waals surface area contributed by atoms with E-state index in [9.17, 15) is 14.4 Å². The quantitative estimate of drug-likeness (QED) is 0.789. The van der Waals surface area contributed by atoms with Gasteiger partial charge >= 0.3 is 0 Å². The molecule has 6 heteroatoms. The van der Waals surface area contributed by atoms with Crippen molar-refractivity contribution in [3.05, 3.63) is 35.4 Å². The molecule has 31 heavy (non-hydrogen) atoms. The number of hydrogen-bond acceptors (Lipinski definition) is 3. The van der Waals surface area contributed by atoms with Gasteiger partial charge in [-0.05, 0) is 57.1 Å². The first kappa shape index (κ1) is 21.8. The highest BCUT2D eigenvalue weighted by molar-refractivity contribution is 5.94. The standard InChI is InChI=1S/C25H35N3O3/c1-3-28-21(23(30)26-20-10-6-7-11-20)17-25(24(28)31)12-14-27(15-13-25)22(29)16-19-9-5-4-8-18(19)2/h4-5,8-9,20-21H,3,6-7,10-17H2,1-2H3,(H,26,30). The topological polar surface area (TPSA) is 69.7 Å². The Bertz CT molecular complexity index is 838. The van der Waals surface area contributed by atoms with E-state index in [1.807, 2.05) is 43.0 Å². The van der Waals surface area contributed by atoms with Gasteiger partial charge in [0, 0.05) is 25.7 Å². The Kier molecular flexibility index (Phi) is 6.35. The van der Waals surface area contributed by atoms with E-state index in [1.165, 1.54) is 12.8 Å². The van der Waals surface area contributed by atoms with Gasteiger partial charge in [-0.2, -0.15) is 0 Å². The first-order chi connectivity index (χ1) is 14.9. The molecule has 2 heterocycles. The first-order valence-electron chi connectivity index (χ1n) is 11.9. The van der Waals surface area contributed by atoms with E-state index < -0.39 is 5.41 Å². The number of nitrogens with zero attached hydrogens (tertiary/aromatic N) is 2. The number of carbonyl (C=O) groups is 3. The Morgan fingerprint density at radius 3 is 2.45 bits per heavy atom. The van der Waals surface area contributed by atoms with Crippen molar-refractivity contribution in [2.45, 2.75) is 77.3 Å². The van der Waals surface area contributed by atoms with E-state index >= 15 is 0 Å². The molecule has 1 unspecified atom stereocenters. The van der Waals surface area contributed by atoms with Crippen molar-refractivity contribution in [2.75, 3.05) is 19.6 Å². The van der Waals surface area contributed by atoms with Gasteiger partial charge < -0.3 is 15.1 Å². The van der Waals surface area contributed by atoms with Gasteiger partial charge in [0.15, 0.2) is 0 Å². The minimum atomic E-state index is -0.493. The van der Waals surface area contributed by atoms with Gasteiger partial charge in [-0.15, -0.1) is 0 Å². The monoisotopic (exact) mass is 425 g/mol. The van der Waals surface area contributed by atoms with Crippen LogP contribution in [0.3, 0.4) is 0 Å². The maximum atomic E-state index is 13.3. The molecule has 1 aromatic carbocycles. The van der Waals surface area contributed by atoms with E-state index in [1.54, 1.807) is 4.90 Å². The molecule has 1 spiro atoms. The maximum Gasteiger partial charge on any atom is 0.243 e. The normalized spacial score (nSPS) is 23.5. The highest BCUT2D eigenvalue weighted by Crippen LogP contribution is 2.44. The molecule has 1 atom stereocenters. The second-order valence-corrected chi connectivity index (χ2v) is 9.57. The Morgan fingerprint density at radius 2 is 1.81 bits per heavy atom. The van der Waals surface area contributed by atoms with Crippen LogP contribution in [0.5, 0.6) is 0 Å². The number of amides is 3. The fourth-order valence-electron chi connectivity index (χ4n) is 5.66. The molecule has 2 saturated heterocycles. The molecule has 1 saturated carbocycles. The highest BCUT2D eigenvalue weighted by Gasteiger charge is 2.54. The van der Waals surface area contributed by atoms with Crippen molar-refractivity contribution in [2.24, 2.45) is 5.41 Å². The summed E-state index contributed by atoms with van der Waals surface area (Å²) in [5.74, 6) is 0.238. The van der Waals surface area contributed by atoms with Crippen molar-refractivity contribution in [3.8, 4) is 0 Å². The molecular weight excluding hydrogens is 390 g/mol. The number of likely N-dealkylation sites (tertiary alicyclic amines) is 2. The molecule has 0 radical (unpaired) electrons. The van der Waals surface area contributed by atoms with E-state index in [2.05, 4.69) is 5.32 Å². The number of benzene rings is 1. The smallest absolute Gasteiger partial charge is 0.243 e. The number of carbonyl (C=O) groups excluding carboxylic acids is 3. The summed E-state index contributed by atoms with van der Waals surface area (Å²) in [7, 11) is 0. The number of likely N-dealkylation sites (N-methyl/N-ethyl adjacent to an activating group) is 1. The third-order valence-electron chi connectivity index (χ3n) is 7.70. The van der Waals surface area contributed by atoms with Crippen LogP contribution in [-0.2, 0) is 20.8 Å². The zero-order valence-electron chi connectivity index (χ0n) is 18.9. The molecule has 0 bridgehead atoms. The molecule has 4 rings (SSSR count). The summed E-state index contributed by atoms with van der Waals surface area (Å²) < 4.78 is 0. The van der Waals surface area contributed by atoms with Crippen molar-refractivity contribution < 1.29 is 14.4 Å². The summed E-state index contributed by atoms with van der Waals surface area (Å²) in [5, 5.41) is 3.19. The molecule has 3 amide bonds. The third kappa shape index (κ3) is 4.35. The average molecular weight is 426 g/mol. The van der Waals surface area contributed by atoms with Crippen molar-refractivity contribution in [3.63, 3.8) is 0 Å². The lowest BCUT2D eigenvalue weighted by Crippen LogP contribution is -2.48. The van der Waals surface area contributed by atoms with Crippen LogP contribution < -0.4 is 5.32 Å². The second-order valence-electron chi connectivity index (χ2n) is 9.57. The second kappa shape index (κ2) is 9.01. The molecule has 3 fully saturated rings. The van der Waals surface area contributed by atoms with Crippen LogP contribution in [0, 0.1) is 12.3 Å². The van der Waals surface area contributed by atoms with Crippen LogP contribution in [-0.4, -0.2) is 59.2 Å². The molecule has 2 aliphatic heterocycles. The average Bonchev–Trinajstić information content (AvgIpc) is 3.37. The zero-order valence-corrected chi connectivity index (χ0v) is 18.9. The van der Waals surface area contributed by atoms with Crippen molar-refractivity contribution in [1.29, 1.82) is 0 Å². The van der Waals surface area contributed by atoms with Gasteiger partial charge in [0.1, 0.15) is 6.04 Å². The molecule has 0 aromatic heterocycles. The lowest BCUT2D eigenvalue weighted by atomic mass is 9.75. The Labute approximate surface area is 185 Å². The van der Waals surface area contributed by atoms with Crippen LogP contribution in [0.1, 0.15) is 63.0 Å². The lowest BCUT2D eigenvalue weighted by Gasteiger charge is -2.38. The fourth-order valence-corrected chi connectivity index (χ4v) is 5.66. The summed E-state index contributed by atoms with van der Waals surface area (Å²) in [5.41, 5.74) is 1.70. The lowest BCUT2D eigenvalue weighted by molar-refractivity contribution is -0.143. The number of nitrogens with one attached hydrogen (secondary N) is 1. The molecule has 1 aromatic rings.